The molecule has 5 nitrogen and oxygen atoms in total. The van der Waals surface area contributed by atoms with Crippen molar-refractivity contribution in [2.24, 2.45) is 5.92 Å². The number of nitrogens with zero attached hydrogens (tertiary/aromatic N) is 1. The highest BCUT2D eigenvalue weighted by atomic mass is 16.4. The molecule has 2 N–H and O–H groups in total. The van der Waals surface area contributed by atoms with Gasteiger partial charge in [0.15, 0.2) is 0 Å². The fourth-order valence-corrected chi connectivity index (χ4v) is 3.60. The smallest absolute Gasteiger partial charge is 0.414 e. The molecule has 2 amide bonds. The first-order valence-corrected chi connectivity index (χ1v) is 6.26. The molecule has 3 rings (SSSR count). The van der Waals surface area contributed by atoms with E-state index in [1.807, 2.05) is 0 Å². The third-order valence-corrected chi connectivity index (χ3v) is 4.32. The van der Waals surface area contributed by atoms with E-state index in [9.17, 15) is 19.8 Å². The fraction of sp³-hybridized carbons (Fsp3) is 0.538. The maximum absolute atomic E-state index is 12.0. The van der Waals surface area contributed by atoms with Crippen molar-refractivity contribution in [1.82, 2.24) is 4.90 Å². The van der Waals surface area contributed by atoms with Crippen LogP contribution in [0.1, 0.15) is 32.1 Å². The number of fused-ring (bicyclic) bond motifs is 2. The molecular weight excluding hydrogens is 234 g/mol. The minimum atomic E-state index is -1.22. The first-order chi connectivity index (χ1) is 8.65. The Labute approximate surface area is 104 Å². The summed E-state index contributed by atoms with van der Waals surface area (Å²) in [5.41, 5.74) is 2.67. The van der Waals surface area contributed by atoms with E-state index >= 15 is 0 Å². The minimum absolute atomic E-state index is 0.165. The summed E-state index contributed by atoms with van der Waals surface area (Å²) in [6.07, 6.45) is 4.38. The summed E-state index contributed by atoms with van der Waals surface area (Å²) in [6, 6.07) is -0.358. The zero-order valence-corrected chi connectivity index (χ0v) is 9.93. The van der Waals surface area contributed by atoms with E-state index < -0.39 is 12.0 Å². The summed E-state index contributed by atoms with van der Waals surface area (Å²) >= 11 is 0. The average Bonchev–Trinajstić information content (AvgIpc) is 2.82. The summed E-state index contributed by atoms with van der Waals surface area (Å²) in [4.78, 5) is 24.1. The quantitative estimate of drug-likeness (QED) is 0.392. The fourth-order valence-electron chi connectivity index (χ4n) is 3.60. The van der Waals surface area contributed by atoms with Crippen molar-refractivity contribution in [3.8, 4) is 0 Å². The van der Waals surface area contributed by atoms with Gasteiger partial charge in [-0.1, -0.05) is 5.57 Å². The highest BCUT2D eigenvalue weighted by molar-refractivity contribution is 6.06. The number of allylic oxidation sites excluding steroid dienone is 1. The Bertz CT molecular complexity index is 491. The van der Waals surface area contributed by atoms with E-state index in [-0.39, 0.29) is 17.5 Å². The molecule has 3 aliphatic rings. The molecule has 5 heteroatoms. The van der Waals surface area contributed by atoms with Crippen LogP contribution < -0.4 is 0 Å². The SMILES string of the molecule is O=C(O)N1C(=O)C(=CO)[C@H]2CC3=C(CCCC3)[C@H]21. The number of hydrogen-bond acceptors (Lipinski definition) is 3. The molecule has 1 heterocycles. The predicted molar refractivity (Wildman–Crippen MR) is 63.0 cm³/mol. The zero-order chi connectivity index (χ0) is 12.9. The standard InChI is InChI=1S/C13H15NO4/c15-6-10-9-5-7-3-1-2-4-8(7)11(9)14(12(10)16)13(17)18/h6,9,11,15H,1-5H2,(H,17,18)/t9-,11-/m1/s1. The van der Waals surface area contributed by atoms with Crippen LogP contribution in [0.25, 0.3) is 0 Å². The Kier molecular flexibility index (Phi) is 2.43. The zero-order valence-electron chi connectivity index (χ0n) is 9.93. The lowest BCUT2D eigenvalue weighted by atomic mass is 9.92. The van der Waals surface area contributed by atoms with Crippen molar-refractivity contribution in [2.75, 3.05) is 0 Å². The summed E-state index contributed by atoms with van der Waals surface area (Å²) in [5.74, 6) is -0.723. The van der Waals surface area contributed by atoms with E-state index in [0.717, 1.165) is 48.8 Å². The maximum Gasteiger partial charge on any atom is 0.414 e. The molecule has 0 unspecified atom stereocenters. The van der Waals surface area contributed by atoms with Crippen molar-refractivity contribution in [1.29, 1.82) is 0 Å². The minimum Gasteiger partial charge on any atom is -0.515 e. The van der Waals surface area contributed by atoms with Crippen LogP contribution in [0.4, 0.5) is 4.79 Å². The molecule has 96 valence electrons. The third-order valence-electron chi connectivity index (χ3n) is 4.32. The lowest BCUT2D eigenvalue weighted by Gasteiger charge is -2.24. The number of aliphatic hydroxyl groups is 1. The van der Waals surface area contributed by atoms with Gasteiger partial charge in [-0.3, -0.25) is 4.79 Å². The first kappa shape index (κ1) is 11.3. The highest BCUT2D eigenvalue weighted by Gasteiger charge is 2.52. The molecule has 0 spiro atoms. The number of aliphatic hydroxyl groups excluding tert-OH is 1. The monoisotopic (exact) mass is 249 g/mol. The molecule has 2 atom stereocenters. The highest BCUT2D eigenvalue weighted by Crippen LogP contribution is 2.49. The molecule has 0 radical (unpaired) electrons. The van der Waals surface area contributed by atoms with E-state index in [1.54, 1.807) is 0 Å². The molecule has 0 aromatic rings. The number of hydrogen-bond donors (Lipinski definition) is 2. The van der Waals surface area contributed by atoms with Crippen LogP contribution in [0.5, 0.6) is 0 Å². The summed E-state index contributed by atoms with van der Waals surface area (Å²) in [7, 11) is 0. The lowest BCUT2D eigenvalue weighted by Crippen LogP contribution is -2.39. The van der Waals surface area contributed by atoms with Gasteiger partial charge < -0.3 is 10.2 Å². The van der Waals surface area contributed by atoms with Gasteiger partial charge >= 0.3 is 6.09 Å². The van der Waals surface area contributed by atoms with Crippen molar-refractivity contribution in [3.63, 3.8) is 0 Å². The van der Waals surface area contributed by atoms with Gasteiger partial charge in [0.05, 0.1) is 17.9 Å². The van der Waals surface area contributed by atoms with Crippen molar-refractivity contribution < 1.29 is 19.8 Å². The van der Waals surface area contributed by atoms with Crippen LogP contribution >= 0.6 is 0 Å². The summed E-state index contributed by atoms with van der Waals surface area (Å²) in [5, 5.41) is 18.4. The van der Waals surface area contributed by atoms with Crippen LogP contribution in [-0.2, 0) is 4.79 Å². The van der Waals surface area contributed by atoms with Gasteiger partial charge in [-0.15, -0.1) is 0 Å². The van der Waals surface area contributed by atoms with Crippen LogP contribution in [0.15, 0.2) is 23.0 Å². The van der Waals surface area contributed by atoms with Crippen molar-refractivity contribution in [2.45, 2.75) is 38.1 Å². The van der Waals surface area contributed by atoms with Crippen LogP contribution in [0.2, 0.25) is 0 Å². The number of amides is 2. The number of rotatable bonds is 0. The Morgan fingerprint density at radius 1 is 1.33 bits per heavy atom. The van der Waals surface area contributed by atoms with E-state index in [0.29, 0.717) is 0 Å². The van der Waals surface area contributed by atoms with Gasteiger partial charge in [0, 0.05) is 5.92 Å². The van der Waals surface area contributed by atoms with E-state index in [4.69, 9.17) is 0 Å². The normalized spacial score (nSPS) is 33.0. The molecule has 0 aromatic carbocycles. The Morgan fingerprint density at radius 2 is 2.06 bits per heavy atom. The van der Waals surface area contributed by atoms with Crippen LogP contribution in [-0.4, -0.2) is 33.2 Å². The van der Waals surface area contributed by atoms with Gasteiger partial charge in [0.1, 0.15) is 0 Å². The third kappa shape index (κ3) is 1.33. The second kappa shape index (κ2) is 3.86. The molecule has 0 saturated carbocycles. The molecule has 0 aromatic heterocycles. The van der Waals surface area contributed by atoms with E-state index in [1.165, 1.54) is 5.57 Å². The summed E-state index contributed by atoms with van der Waals surface area (Å²) in [6.45, 7) is 0. The van der Waals surface area contributed by atoms with Crippen LogP contribution in [0, 0.1) is 5.92 Å². The Hall–Kier alpha value is -1.78. The number of imide groups is 1. The van der Waals surface area contributed by atoms with Gasteiger partial charge in [-0.2, -0.15) is 0 Å². The van der Waals surface area contributed by atoms with Gasteiger partial charge in [-0.25, -0.2) is 9.69 Å². The lowest BCUT2D eigenvalue weighted by molar-refractivity contribution is -0.123. The maximum atomic E-state index is 12.0. The Balaban J connectivity index is 2.05. The number of carboxylic acid groups (broad SMARTS) is 1. The molecule has 1 fully saturated rings. The van der Waals surface area contributed by atoms with Gasteiger partial charge in [0.2, 0.25) is 0 Å². The number of carbonyl (C=O) groups excluding carboxylic acids is 1. The number of likely N-dealkylation sites (tertiary alicyclic amines) is 1. The molecule has 1 aliphatic heterocycles. The molecule has 0 bridgehead atoms. The van der Waals surface area contributed by atoms with E-state index in [2.05, 4.69) is 0 Å². The topological polar surface area (TPSA) is 77.8 Å². The number of carbonyl (C=O) groups is 2. The van der Waals surface area contributed by atoms with Crippen molar-refractivity contribution >= 4 is 12.0 Å². The van der Waals surface area contributed by atoms with Crippen LogP contribution in [0.3, 0.4) is 0 Å². The molecular formula is C13H15NO4. The largest absolute Gasteiger partial charge is 0.515 e. The molecule has 1 saturated heterocycles. The second-order valence-corrected chi connectivity index (χ2v) is 5.13. The summed E-state index contributed by atoms with van der Waals surface area (Å²) < 4.78 is 0. The molecule has 18 heavy (non-hydrogen) atoms. The predicted octanol–water partition coefficient (Wildman–Crippen LogP) is 2.21. The van der Waals surface area contributed by atoms with Crippen molar-refractivity contribution in [3.05, 3.63) is 23.0 Å². The van der Waals surface area contributed by atoms with Gasteiger partial charge in [-0.05, 0) is 37.7 Å². The average molecular weight is 249 g/mol. The van der Waals surface area contributed by atoms with Gasteiger partial charge in [0.25, 0.3) is 5.91 Å². The molecule has 2 aliphatic carbocycles. The second-order valence-electron chi connectivity index (χ2n) is 5.13. The first-order valence-electron chi connectivity index (χ1n) is 6.26. The Morgan fingerprint density at radius 3 is 2.72 bits per heavy atom.